The molecule has 2 heterocycles. The van der Waals surface area contributed by atoms with Gasteiger partial charge < -0.3 is 10.6 Å². The number of amidine groups is 1. The standard InChI is InChI=1S/C11H13N3O2S/c12-8-5-6-14(7-8)11-9-3-1-2-4-10(9)17(15,16)13-11/h1-4,8H,5-7,12H2/t8-/m1/s1. The van der Waals surface area contributed by atoms with Crippen LogP contribution in [0.1, 0.15) is 12.0 Å². The van der Waals surface area contributed by atoms with Crippen LogP contribution in [0.4, 0.5) is 0 Å². The third kappa shape index (κ3) is 1.64. The largest absolute Gasteiger partial charge is 0.354 e. The molecule has 1 fully saturated rings. The van der Waals surface area contributed by atoms with Gasteiger partial charge in [0.2, 0.25) is 0 Å². The summed E-state index contributed by atoms with van der Waals surface area (Å²) >= 11 is 0. The molecule has 1 aromatic rings. The average Bonchev–Trinajstić information content (AvgIpc) is 2.82. The van der Waals surface area contributed by atoms with E-state index in [1.165, 1.54) is 0 Å². The van der Waals surface area contributed by atoms with Gasteiger partial charge in [0.15, 0.2) is 5.84 Å². The SMILES string of the molecule is N[C@@H]1CCN(C2=NS(=O)(=O)c3ccccc32)C1. The van der Waals surface area contributed by atoms with Crippen LogP contribution in [0.3, 0.4) is 0 Å². The van der Waals surface area contributed by atoms with Gasteiger partial charge in [-0.25, -0.2) is 0 Å². The van der Waals surface area contributed by atoms with Crippen molar-refractivity contribution in [2.45, 2.75) is 17.4 Å². The molecule has 0 aromatic heterocycles. The summed E-state index contributed by atoms with van der Waals surface area (Å²) in [7, 11) is -3.50. The van der Waals surface area contributed by atoms with Crippen molar-refractivity contribution in [2.24, 2.45) is 10.1 Å². The lowest BCUT2D eigenvalue weighted by molar-refractivity contribution is 0.511. The van der Waals surface area contributed by atoms with E-state index in [9.17, 15) is 8.42 Å². The zero-order valence-corrected chi connectivity index (χ0v) is 10.0. The molecule has 6 heteroatoms. The van der Waals surface area contributed by atoms with Crippen LogP contribution in [-0.4, -0.2) is 38.3 Å². The Balaban J connectivity index is 2.08. The van der Waals surface area contributed by atoms with Crippen LogP contribution in [0.2, 0.25) is 0 Å². The van der Waals surface area contributed by atoms with Crippen LogP contribution in [0.25, 0.3) is 0 Å². The van der Waals surface area contributed by atoms with Crippen molar-refractivity contribution in [1.82, 2.24) is 4.90 Å². The van der Waals surface area contributed by atoms with Gasteiger partial charge in [-0.05, 0) is 18.6 Å². The van der Waals surface area contributed by atoms with Crippen molar-refractivity contribution in [1.29, 1.82) is 0 Å². The number of hydrogen-bond acceptors (Lipinski definition) is 4. The molecule has 0 amide bonds. The molecule has 90 valence electrons. The normalized spacial score (nSPS) is 25.8. The summed E-state index contributed by atoms with van der Waals surface area (Å²) in [6.45, 7) is 1.44. The van der Waals surface area contributed by atoms with Crippen molar-refractivity contribution in [3.05, 3.63) is 29.8 Å². The van der Waals surface area contributed by atoms with E-state index in [0.29, 0.717) is 22.8 Å². The summed E-state index contributed by atoms with van der Waals surface area (Å²) < 4.78 is 27.6. The van der Waals surface area contributed by atoms with Gasteiger partial charge in [0.05, 0.1) is 0 Å². The van der Waals surface area contributed by atoms with Crippen LogP contribution in [0.15, 0.2) is 33.6 Å². The van der Waals surface area contributed by atoms with E-state index in [2.05, 4.69) is 4.40 Å². The monoisotopic (exact) mass is 251 g/mol. The molecule has 2 N–H and O–H groups in total. The highest BCUT2D eigenvalue weighted by atomic mass is 32.2. The third-order valence-corrected chi connectivity index (χ3v) is 4.46. The molecule has 2 aliphatic rings. The fourth-order valence-corrected chi connectivity index (χ4v) is 3.52. The molecule has 0 saturated carbocycles. The first kappa shape index (κ1) is 10.7. The summed E-state index contributed by atoms with van der Waals surface area (Å²) in [6.07, 6.45) is 0.876. The quantitative estimate of drug-likeness (QED) is 0.713. The molecule has 1 saturated heterocycles. The maximum absolute atomic E-state index is 11.9. The summed E-state index contributed by atoms with van der Waals surface area (Å²) in [5.41, 5.74) is 6.53. The predicted octanol–water partition coefficient (Wildman–Crippen LogP) is 0.168. The fraction of sp³-hybridized carbons (Fsp3) is 0.364. The maximum Gasteiger partial charge on any atom is 0.285 e. The Kier molecular flexibility index (Phi) is 2.24. The van der Waals surface area contributed by atoms with E-state index >= 15 is 0 Å². The molecule has 2 aliphatic heterocycles. The Labute approximate surface area is 100 Å². The number of nitrogens with two attached hydrogens (primary N) is 1. The molecule has 0 aliphatic carbocycles. The van der Waals surface area contributed by atoms with Crippen LogP contribution in [-0.2, 0) is 10.0 Å². The third-order valence-electron chi connectivity index (χ3n) is 3.14. The van der Waals surface area contributed by atoms with Crippen LogP contribution in [0.5, 0.6) is 0 Å². The Bertz CT molecular complexity index is 594. The molecule has 3 rings (SSSR count). The van der Waals surface area contributed by atoms with Crippen molar-refractivity contribution in [3.8, 4) is 0 Å². The molecule has 0 radical (unpaired) electrons. The first-order valence-corrected chi connectivity index (χ1v) is 6.97. The highest BCUT2D eigenvalue weighted by Gasteiger charge is 2.33. The van der Waals surface area contributed by atoms with E-state index in [1.54, 1.807) is 18.2 Å². The van der Waals surface area contributed by atoms with Gasteiger partial charge in [-0.3, -0.25) is 0 Å². The number of nitrogens with zero attached hydrogens (tertiary/aromatic N) is 2. The minimum absolute atomic E-state index is 0.105. The fourth-order valence-electron chi connectivity index (χ4n) is 2.30. The number of benzene rings is 1. The second-order valence-corrected chi connectivity index (χ2v) is 5.95. The highest BCUT2D eigenvalue weighted by molar-refractivity contribution is 7.90. The summed E-state index contributed by atoms with van der Waals surface area (Å²) in [6, 6.07) is 7.03. The van der Waals surface area contributed by atoms with E-state index in [-0.39, 0.29) is 6.04 Å². The Morgan fingerprint density at radius 3 is 2.82 bits per heavy atom. The number of hydrogen-bond donors (Lipinski definition) is 1. The second kappa shape index (κ2) is 3.54. The van der Waals surface area contributed by atoms with E-state index in [0.717, 1.165) is 13.0 Å². The molecule has 0 spiro atoms. The smallest absolute Gasteiger partial charge is 0.285 e. The highest BCUT2D eigenvalue weighted by Crippen LogP contribution is 2.28. The minimum Gasteiger partial charge on any atom is -0.354 e. The molecule has 1 atom stereocenters. The van der Waals surface area contributed by atoms with Crippen molar-refractivity contribution < 1.29 is 8.42 Å². The molecular weight excluding hydrogens is 238 g/mol. The molecule has 5 nitrogen and oxygen atoms in total. The van der Waals surface area contributed by atoms with Crippen molar-refractivity contribution in [3.63, 3.8) is 0 Å². The van der Waals surface area contributed by atoms with Gasteiger partial charge >= 0.3 is 0 Å². The molecule has 17 heavy (non-hydrogen) atoms. The number of rotatable bonds is 0. The maximum atomic E-state index is 11.9. The van der Waals surface area contributed by atoms with Gasteiger partial charge in [-0.2, -0.15) is 8.42 Å². The second-order valence-electron chi connectivity index (χ2n) is 4.38. The lowest BCUT2D eigenvalue weighted by Gasteiger charge is -2.17. The van der Waals surface area contributed by atoms with E-state index in [1.807, 2.05) is 11.0 Å². The van der Waals surface area contributed by atoms with Gasteiger partial charge in [0.25, 0.3) is 10.0 Å². The lowest BCUT2D eigenvalue weighted by atomic mass is 10.2. The molecule has 0 bridgehead atoms. The molecule has 1 aromatic carbocycles. The summed E-state index contributed by atoms with van der Waals surface area (Å²) in [5, 5.41) is 0. The zero-order valence-electron chi connectivity index (χ0n) is 9.20. The van der Waals surface area contributed by atoms with Crippen molar-refractivity contribution in [2.75, 3.05) is 13.1 Å². The lowest BCUT2D eigenvalue weighted by Crippen LogP contribution is -2.31. The van der Waals surface area contributed by atoms with Gasteiger partial charge in [-0.15, -0.1) is 4.40 Å². The predicted molar refractivity (Wildman–Crippen MR) is 64.3 cm³/mol. The molecular formula is C11H13N3O2S. The number of fused-ring (bicyclic) bond motifs is 1. The Morgan fingerprint density at radius 2 is 2.12 bits per heavy atom. The Hall–Kier alpha value is -1.40. The van der Waals surface area contributed by atoms with Crippen LogP contribution >= 0.6 is 0 Å². The van der Waals surface area contributed by atoms with Crippen LogP contribution in [0, 0.1) is 0 Å². The number of sulfonamides is 1. The number of likely N-dealkylation sites (tertiary alicyclic amines) is 1. The van der Waals surface area contributed by atoms with E-state index in [4.69, 9.17) is 5.73 Å². The summed E-state index contributed by atoms with van der Waals surface area (Å²) in [5.74, 6) is 0.550. The van der Waals surface area contributed by atoms with Gasteiger partial charge in [-0.1, -0.05) is 12.1 Å². The molecule has 0 unspecified atom stereocenters. The van der Waals surface area contributed by atoms with Crippen molar-refractivity contribution >= 4 is 15.9 Å². The Morgan fingerprint density at radius 1 is 1.35 bits per heavy atom. The summed E-state index contributed by atoms with van der Waals surface area (Å²) in [4.78, 5) is 2.25. The minimum atomic E-state index is -3.50. The first-order valence-electron chi connectivity index (χ1n) is 5.53. The van der Waals surface area contributed by atoms with Crippen LogP contribution < -0.4 is 5.73 Å². The van der Waals surface area contributed by atoms with Gasteiger partial charge in [0, 0.05) is 24.7 Å². The average molecular weight is 251 g/mol. The van der Waals surface area contributed by atoms with E-state index < -0.39 is 10.0 Å². The van der Waals surface area contributed by atoms with Gasteiger partial charge in [0.1, 0.15) is 4.90 Å². The zero-order chi connectivity index (χ0) is 12.0. The first-order chi connectivity index (χ1) is 8.08. The topological polar surface area (TPSA) is 75.8 Å².